The fourth-order valence-corrected chi connectivity index (χ4v) is 2.70. The van der Waals surface area contributed by atoms with Gasteiger partial charge in [0.25, 0.3) is 0 Å². The van der Waals surface area contributed by atoms with Gasteiger partial charge in [0, 0.05) is 11.7 Å². The van der Waals surface area contributed by atoms with E-state index in [2.05, 4.69) is 41.8 Å². The predicted molar refractivity (Wildman–Crippen MR) is 82.0 cm³/mol. The van der Waals surface area contributed by atoms with Crippen molar-refractivity contribution in [3.63, 3.8) is 0 Å². The molecule has 98 valence electrons. The molecular formula is C15H22N2S. The van der Waals surface area contributed by atoms with Gasteiger partial charge in [-0.1, -0.05) is 43.4 Å². The monoisotopic (exact) mass is 262 g/mol. The molecule has 2 N–H and O–H groups in total. The minimum absolute atomic E-state index is 0.554. The van der Waals surface area contributed by atoms with Gasteiger partial charge in [-0.2, -0.15) is 0 Å². The maximum Gasteiger partial charge on any atom is 0.170 e. The Labute approximate surface area is 115 Å². The van der Waals surface area contributed by atoms with Gasteiger partial charge in [0.15, 0.2) is 5.11 Å². The van der Waals surface area contributed by atoms with Crippen LogP contribution in [0.1, 0.15) is 44.1 Å². The number of rotatable bonds is 2. The Morgan fingerprint density at radius 1 is 1.06 bits per heavy atom. The number of hydrogen-bond acceptors (Lipinski definition) is 1. The Bertz CT molecular complexity index is 378. The van der Waals surface area contributed by atoms with Gasteiger partial charge < -0.3 is 10.6 Å². The molecule has 1 aliphatic rings. The largest absolute Gasteiger partial charge is 0.360 e. The predicted octanol–water partition coefficient (Wildman–Crippen LogP) is 4.00. The molecule has 2 nitrogen and oxygen atoms in total. The van der Waals surface area contributed by atoms with Crippen molar-refractivity contribution in [3.8, 4) is 0 Å². The minimum atomic E-state index is 0.554. The fourth-order valence-electron chi connectivity index (χ4n) is 2.41. The summed E-state index contributed by atoms with van der Waals surface area (Å²) in [5.74, 6) is 0. The summed E-state index contributed by atoms with van der Waals surface area (Å²) in [5.41, 5.74) is 2.33. The molecule has 2 rings (SSSR count). The normalized spacial score (nSPS) is 16.9. The quantitative estimate of drug-likeness (QED) is 0.622. The highest BCUT2D eigenvalue weighted by molar-refractivity contribution is 7.80. The van der Waals surface area contributed by atoms with Gasteiger partial charge in [-0.25, -0.2) is 0 Å². The summed E-state index contributed by atoms with van der Waals surface area (Å²) in [4.78, 5) is 0. The van der Waals surface area contributed by atoms with Crippen LogP contribution in [0.4, 0.5) is 5.69 Å². The summed E-state index contributed by atoms with van der Waals surface area (Å²) in [7, 11) is 0. The van der Waals surface area contributed by atoms with Crippen molar-refractivity contribution in [1.29, 1.82) is 0 Å². The van der Waals surface area contributed by atoms with E-state index in [1.165, 1.54) is 44.1 Å². The van der Waals surface area contributed by atoms with E-state index in [1.807, 2.05) is 0 Å². The molecule has 0 amide bonds. The van der Waals surface area contributed by atoms with Crippen LogP contribution in [-0.2, 0) is 0 Å². The third kappa shape index (κ3) is 4.30. The summed E-state index contributed by atoms with van der Waals surface area (Å²) in [6.07, 6.45) is 7.88. The lowest BCUT2D eigenvalue weighted by Gasteiger charge is -2.19. The Morgan fingerprint density at radius 2 is 1.67 bits per heavy atom. The molecule has 1 aliphatic carbocycles. The van der Waals surface area contributed by atoms with Crippen molar-refractivity contribution in [2.45, 2.75) is 51.5 Å². The zero-order valence-electron chi connectivity index (χ0n) is 11.0. The highest BCUT2D eigenvalue weighted by Crippen LogP contribution is 2.17. The standard InChI is InChI=1S/C15H22N2S/c1-12-8-10-14(11-9-12)17-15(18)16-13-6-4-2-3-5-7-13/h8-11,13H,2-7H2,1H3,(H2,16,17,18). The van der Waals surface area contributed by atoms with Gasteiger partial charge in [-0.15, -0.1) is 0 Å². The zero-order valence-corrected chi connectivity index (χ0v) is 11.9. The van der Waals surface area contributed by atoms with Gasteiger partial charge in [0.05, 0.1) is 0 Å². The molecule has 0 atom stereocenters. The molecule has 0 radical (unpaired) electrons. The second-order valence-electron chi connectivity index (χ2n) is 5.15. The van der Waals surface area contributed by atoms with E-state index in [0.29, 0.717) is 6.04 Å². The third-order valence-corrected chi connectivity index (χ3v) is 3.72. The van der Waals surface area contributed by atoms with Crippen molar-refractivity contribution in [1.82, 2.24) is 5.32 Å². The summed E-state index contributed by atoms with van der Waals surface area (Å²) in [5, 5.41) is 7.45. The average molecular weight is 262 g/mol. The Kier molecular flexibility index (Phi) is 5.00. The first-order valence-corrected chi connectivity index (χ1v) is 7.29. The summed E-state index contributed by atoms with van der Waals surface area (Å²) < 4.78 is 0. The summed E-state index contributed by atoms with van der Waals surface area (Å²) in [6.45, 7) is 2.09. The number of benzene rings is 1. The van der Waals surface area contributed by atoms with E-state index in [-0.39, 0.29) is 0 Å². The van der Waals surface area contributed by atoms with Crippen LogP contribution >= 0.6 is 12.2 Å². The zero-order chi connectivity index (χ0) is 12.8. The van der Waals surface area contributed by atoms with Gasteiger partial charge in [0.1, 0.15) is 0 Å². The first-order valence-electron chi connectivity index (χ1n) is 6.88. The highest BCUT2D eigenvalue weighted by atomic mass is 32.1. The Balaban J connectivity index is 1.82. The summed E-state index contributed by atoms with van der Waals surface area (Å²) >= 11 is 5.37. The number of thiocarbonyl (C=S) groups is 1. The fraction of sp³-hybridized carbons (Fsp3) is 0.533. The van der Waals surface area contributed by atoms with E-state index in [9.17, 15) is 0 Å². The van der Waals surface area contributed by atoms with E-state index in [1.54, 1.807) is 0 Å². The van der Waals surface area contributed by atoms with E-state index < -0.39 is 0 Å². The van der Waals surface area contributed by atoms with Crippen LogP contribution in [-0.4, -0.2) is 11.2 Å². The van der Waals surface area contributed by atoms with Crippen LogP contribution in [0.2, 0.25) is 0 Å². The topological polar surface area (TPSA) is 24.1 Å². The van der Waals surface area contributed by atoms with Crippen molar-refractivity contribution < 1.29 is 0 Å². The molecule has 0 unspecified atom stereocenters. The van der Waals surface area contributed by atoms with Crippen molar-refractivity contribution >= 4 is 23.0 Å². The SMILES string of the molecule is Cc1ccc(NC(=S)NC2CCCCCC2)cc1. The third-order valence-electron chi connectivity index (χ3n) is 3.50. The van der Waals surface area contributed by atoms with Crippen LogP contribution < -0.4 is 10.6 Å². The van der Waals surface area contributed by atoms with Crippen LogP contribution in [0.3, 0.4) is 0 Å². The first kappa shape index (κ1) is 13.3. The molecule has 18 heavy (non-hydrogen) atoms. The molecule has 1 aromatic rings. The van der Waals surface area contributed by atoms with Crippen LogP contribution in [0.25, 0.3) is 0 Å². The first-order chi connectivity index (χ1) is 8.74. The number of nitrogens with one attached hydrogen (secondary N) is 2. The average Bonchev–Trinajstić information content (AvgIpc) is 2.61. The molecule has 0 saturated heterocycles. The van der Waals surface area contributed by atoms with E-state index >= 15 is 0 Å². The molecule has 0 aliphatic heterocycles. The van der Waals surface area contributed by atoms with Crippen LogP contribution in [0.15, 0.2) is 24.3 Å². The lowest BCUT2D eigenvalue weighted by atomic mass is 10.1. The van der Waals surface area contributed by atoms with Gasteiger partial charge >= 0.3 is 0 Å². The lowest BCUT2D eigenvalue weighted by Crippen LogP contribution is -2.37. The van der Waals surface area contributed by atoms with Crippen molar-refractivity contribution in [2.24, 2.45) is 0 Å². The lowest BCUT2D eigenvalue weighted by molar-refractivity contribution is 0.535. The second kappa shape index (κ2) is 6.74. The van der Waals surface area contributed by atoms with Crippen molar-refractivity contribution in [3.05, 3.63) is 29.8 Å². The van der Waals surface area contributed by atoms with Crippen molar-refractivity contribution in [2.75, 3.05) is 5.32 Å². The second-order valence-corrected chi connectivity index (χ2v) is 5.56. The number of anilines is 1. The maximum absolute atomic E-state index is 5.37. The molecule has 1 aromatic carbocycles. The molecule has 1 saturated carbocycles. The Hall–Kier alpha value is -1.09. The van der Waals surface area contributed by atoms with Crippen LogP contribution in [0, 0.1) is 6.92 Å². The highest BCUT2D eigenvalue weighted by Gasteiger charge is 2.12. The van der Waals surface area contributed by atoms with E-state index in [4.69, 9.17) is 12.2 Å². The molecule has 3 heteroatoms. The summed E-state index contributed by atoms with van der Waals surface area (Å²) in [6, 6.07) is 8.87. The Morgan fingerprint density at radius 3 is 2.28 bits per heavy atom. The minimum Gasteiger partial charge on any atom is -0.360 e. The van der Waals surface area contributed by atoms with Gasteiger partial charge in [-0.3, -0.25) is 0 Å². The van der Waals surface area contributed by atoms with Gasteiger partial charge in [0.2, 0.25) is 0 Å². The molecule has 0 spiro atoms. The van der Waals surface area contributed by atoms with Gasteiger partial charge in [-0.05, 0) is 44.1 Å². The molecule has 1 fully saturated rings. The molecule has 0 aromatic heterocycles. The number of hydrogen-bond donors (Lipinski definition) is 2. The smallest absolute Gasteiger partial charge is 0.170 e. The van der Waals surface area contributed by atoms with E-state index in [0.717, 1.165) is 10.8 Å². The maximum atomic E-state index is 5.37. The molecule has 0 bridgehead atoms. The van der Waals surface area contributed by atoms with Crippen LogP contribution in [0.5, 0.6) is 0 Å². The molecular weight excluding hydrogens is 240 g/mol. The molecule has 0 heterocycles. The number of aryl methyl sites for hydroxylation is 1.